The van der Waals surface area contributed by atoms with Crippen LogP contribution in [0.4, 0.5) is 26.3 Å². The summed E-state index contributed by atoms with van der Waals surface area (Å²) in [5.41, 5.74) is -2.12. The van der Waals surface area contributed by atoms with Crippen LogP contribution in [0.15, 0.2) is 36.4 Å². The summed E-state index contributed by atoms with van der Waals surface area (Å²) in [6.45, 7) is 0. The van der Waals surface area contributed by atoms with Gasteiger partial charge in [-0.2, -0.15) is 38.1 Å². The maximum Gasteiger partial charge on any atom is 0.417 e. The van der Waals surface area contributed by atoms with Gasteiger partial charge in [0.15, 0.2) is 5.78 Å². The maximum absolute atomic E-state index is 13.7. The number of hydrogen-bond acceptors (Lipinski definition) is 2. The summed E-state index contributed by atoms with van der Waals surface area (Å²) in [4.78, 5) is 12.4. The number of carbonyl (C=O) groups is 1. The van der Waals surface area contributed by atoms with Crippen LogP contribution in [0, 0.1) is 5.92 Å². The van der Waals surface area contributed by atoms with Crippen molar-refractivity contribution in [3.8, 4) is 0 Å². The Morgan fingerprint density at radius 3 is 2.12 bits per heavy atom. The van der Waals surface area contributed by atoms with Crippen molar-refractivity contribution >= 4 is 58.4 Å². The number of halogens is 9. The lowest BCUT2D eigenvalue weighted by atomic mass is 9.93. The second kappa shape index (κ2) is 10.1. The van der Waals surface area contributed by atoms with Gasteiger partial charge in [-0.3, -0.25) is 4.79 Å². The van der Waals surface area contributed by atoms with Crippen LogP contribution in [-0.4, -0.2) is 23.5 Å². The van der Waals surface area contributed by atoms with Crippen LogP contribution >= 0.6 is 46.6 Å². The summed E-state index contributed by atoms with van der Waals surface area (Å²) < 4.78 is 81.8. The average molecular weight is 548 g/mol. The van der Waals surface area contributed by atoms with Gasteiger partial charge < -0.3 is 0 Å². The number of allylic oxidation sites excluding steroid dienone is 1. The Kier molecular flexibility index (Phi) is 8.04. The summed E-state index contributed by atoms with van der Waals surface area (Å²) >= 11 is 19.1. The molecule has 0 aliphatic carbocycles. The number of Topliss-reactive ketones (excluding diaryl/α,β-unsaturated/α-hetero) is 1. The Bertz CT molecular complexity index is 1050. The Morgan fingerprint density at radius 2 is 1.64 bits per heavy atom. The maximum atomic E-state index is 13.7. The molecule has 1 aliphatic rings. The fourth-order valence-corrected chi connectivity index (χ4v) is 4.71. The Labute approximate surface area is 205 Å². The molecule has 2 aromatic rings. The molecule has 0 aromatic heterocycles. The number of ketones is 1. The molecule has 3 rings (SSSR count). The molecule has 0 bridgehead atoms. The predicted molar refractivity (Wildman–Crippen MR) is 121 cm³/mol. The number of thioether (sulfide) groups is 1. The third kappa shape index (κ3) is 6.41. The van der Waals surface area contributed by atoms with Gasteiger partial charge in [0.1, 0.15) is 0 Å². The predicted octanol–water partition coefficient (Wildman–Crippen LogP) is 8.96. The topological polar surface area (TPSA) is 17.1 Å². The van der Waals surface area contributed by atoms with E-state index in [1.54, 1.807) is 11.8 Å². The lowest BCUT2D eigenvalue weighted by Crippen LogP contribution is -2.23. The zero-order chi connectivity index (χ0) is 24.6. The standard InChI is InChI=1S/C22H15Cl3F6OS/c23-17-7-13(8-18(24)20(17)25)15(21(26,27)28)4-2-11-1-3-14(16(5-11)22(29,30)31)19(32)6-12-9-33-10-12/h1-5,7-8,12,15H,6,9-10H2/b4-2+. The first-order chi connectivity index (χ1) is 15.3. The van der Waals surface area contributed by atoms with Gasteiger partial charge in [-0.15, -0.1) is 0 Å². The fraction of sp³-hybridized carbons (Fsp3) is 0.318. The smallest absolute Gasteiger partial charge is 0.294 e. The van der Waals surface area contributed by atoms with Crippen molar-refractivity contribution in [2.75, 3.05) is 11.5 Å². The van der Waals surface area contributed by atoms with Crippen molar-refractivity contribution in [2.24, 2.45) is 5.92 Å². The van der Waals surface area contributed by atoms with Crippen molar-refractivity contribution in [3.05, 3.63) is 73.7 Å². The highest BCUT2D eigenvalue weighted by atomic mass is 35.5. The highest BCUT2D eigenvalue weighted by Gasteiger charge is 2.40. The van der Waals surface area contributed by atoms with Crippen LogP contribution in [0.25, 0.3) is 6.08 Å². The van der Waals surface area contributed by atoms with E-state index in [0.29, 0.717) is 23.6 Å². The molecule has 0 N–H and O–H groups in total. The monoisotopic (exact) mass is 546 g/mol. The minimum absolute atomic E-state index is 0.000497. The molecule has 1 atom stereocenters. The molecule has 0 spiro atoms. The van der Waals surface area contributed by atoms with Crippen LogP contribution in [0.3, 0.4) is 0 Å². The van der Waals surface area contributed by atoms with Gasteiger partial charge >= 0.3 is 12.4 Å². The van der Waals surface area contributed by atoms with E-state index < -0.39 is 35.2 Å². The summed E-state index contributed by atoms with van der Waals surface area (Å²) in [5, 5.41) is -0.481. The van der Waals surface area contributed by atoms with E-state index >= 15 is 0 Å². The fourth-order valence-electron chi connectivity index (χ4n) is 3.29. The first-order valence-corrected chi connectivity index (χ1v) is 11.8. The summed E-state index contributed by atoms with van der Waals surface area (Å²) in [6, 6.07) is 4.87. The molecule has 0 radical (unpaired) electrons. The Hall–Kier alpha value is -1.35. The molecule has 0 amide bonds. The summed E-state index contributed by atoms with van der Waals surface area (Å²) in [7, 11) is 0. The zero-order valence-corrected chi connectivity index (χ0v) is 19.6. The van der Waals surface area contributed by atoms with Crippen molar-refractivity contribution in [3.63, 3.8) is 0 Å². The minimum atomic E-state index is -4.84. The van der Waals surface area contributed by atoms with Gasteiger partial charge in [0.2, 0.25) is 0 Å². The van der Waals surface area contributed by atoms with Crippen molar-refractivity contribution in [2.45, 2.75) is 24.7 Å². The van der Waals surface area contributed by atoms with Crippen LogP contribution in [0.1, 0.15) is 39.4 Å². The van der Waals surface area contributed by atoms with Gasteiger partial charge in [0.05, 0.1) is 26.5 Å². The van der Waals surface area contributed by atoms with Crippen LogP contribution in [0.2, 0.25) is 15.1 Å². The molecule has 1 saturated heterocycles. The highest BCUT2D eigenvalue weighted by molar-refractivity contribution is 8.00. The molecule has 178 valence electrons. The second-order valence-electron chi connectivity index (χ2n) is 7.51. The number of benzene rings is 2. The van der Waals surface area contributed by atoms with Crippen molar-refractivity contribution < 1.29 is 31.1 Å². The van der Waals surface area contributed by atoms with Gasteiger partial charge in [-0.05, 0) is 46.7 Å². The molecule has 1 heterocycles. The minimum Gasteiger partial charge on any atom is -0.294 e. The first kappa shape index (κ1) is 26.3. The van der Waals surface area contributed by atoms with Crippen LogP contribution in [-0.2, 0) is 6.18 Å². The molecular formula is C22H15Cl3F6OS. The largest absolute Gasteiger partial charge is 0.417 e. The van der Waals surface area contributed by atoms with E-state index in [0.717, 1.165) is 24.3 Å². The number of alkyl halides is 6. The van der Waals surface area contributed by atoms with E-state index in [1.165, 1.54) is 6.07 Å². The molecule has 1 nitrogen and oxygen atoms in total. The van der Waals surface area contributed by atoms with Crippen LogP contribution < -0.4 is 0 Å². The van der Waals surface area contributed by atoms with E-state index in [9.17, 15) is 31.1 Å². The van der Waals surface area contributed by atoms with E-state index in [2.05, 4.69) is 0 Å². The molecular weight excluding hydrogens is 533 g/mol. The molecule has 1 aliphatic heterocycles. The summed E-state index contributed by atoms with van der Waals surface area (Å²) in [6.07, 6.45) is -8.00. The van der Waals surface area contributed by atoms with E-state index in [-0.39, 0.29) is 38.5 Å². The van der Waals surface area contributed by atoms with E-state index in [4.69, 9.17) is 34.8 Å². The number of rotatable bonds is 6. The molecule has 33 heavy (non-hydrogen) atoms. The summed E-state index contributed by atoms with van der Waals surface area (Å²) in [5.74, 6) is -1.37. The van der Waals surface area contributed by atoms with Gasteiger partial charge in [0.25, 0.3) is 0 Å². The lowest BCUT2D eigenvalue weighted by molar-refractivity contribution is -0.139. The first-order valence-electron chi connectivity index (χ1n) is 9.49. The highest BCUT2D eigenvalue weighted by Crippen LogP contribution is 2.41. The number of hydrogen-bond donors (Lipinski definition) is 0. The molecule has 0 saturated carbocycles. The third-order valence-corrected chi connectivity index (χ3v) is 7.64. The SMILES string of the molecule is O=C(CC1CSC1)c1ccc(/C=C/C(c2cc(Cl)c(Cl)c(Cl)c2)C(F)(F)F)cc1C(F)(F)F. The Morgan fingerprint density at radius 1 is 1.03 bits per heavy atom. The molecule has 2 aromatic carbocycles. The van der Waals surface area contributed by atoms with Crippen LogP contribution in [0.5, 0.6) is 0 Å². The lowest BCUT2D eigenvalue weighted by Gasteiger charge is -2.24. The average Bonchev–Trinajstić information content (AvgIpc) is 2.67. The van der Waals surface area contributed by atoms with Gasteiger partial charge in [0, 0.05) is 12.0 Å². The second-order valence-corrected chi connectivity index (χ2v) is 9.78. The van der Waals surface area contributed by atoms with Crippen molar-refractivity contribution in [1.82, 2.24) is 0 Å². The van der Waals surface area contributed by atoms with Gasteiger partial charge in [-0.25, -0.2) is 0 Å². The molecule has 1 unspecified atom stereocenters. The number of carbonyl (C=O) groups excluding carboxylic acids is 1. The zero-order valence-electron chi connectivity index (χ0n) is 16.5. The Balaban J connectivity index is 1.96. The van der Waals surface area contributed by atoms with Gasteiger partial charge in [-0.1, -0.05) is 59.1 Å². The third-order valence-electron chi connectivity index (χ3n) is 5.03. The normalized spacial score (nSPS) is 16.2. The van der Waals surface area contributed by atoms with E-state index in [1.807, 2.05) is 0 Å². The van der Waals surface area contributed by atoms with Crippen molar-refractivity contribution in [1.29, 1.82) is 0 Å². The molecule has 1 fully saturated rings. The quantitative estimate of drug-likeness (QED) is 0.204. The molecule has 11 heteroatoms.